The van der Waals surface area contributed by atoms with Gasteiger partial charge in [-0.25, -0.2) is 21.6 Å². The van der Waals surface area contributed by atoms with Gasteiger partial charge in [0, 0.05) is 31.7 Å². The van der Waals surface area contributed by atoms with Gasteiger partial charge < -0.3 is 10.6 Å². The smallest absolute Gasteiger partial charge is 0.241 e. The summed E-state index contributed by atoms with van der Waals surface area (Å²) in [5, 5.41) is 7.65. The van der Waals surface area contributed by atoms with Crippen LogP contribution in [0.3, 0.4) is 0 Å². The molecule has 0 unspecified atom stereocenters. The first-order valence-electron chi connectivity index (χ1n) is 12.1. The molecule has 1 fully saturated rings. The second kappa shape index (κ2) is 13.3. The van der Waals surface area contributed by atoms with Gasteiger partial charge in [-0.2, -0.15) is 4.31 Å². The molecule has 1 saturated heterocycles. The Morgan fingerprint density at radius 1 is 1.06 bits per heavy atom. The maximum Gasteiger partial charge on any atom is 0.241 e. The van der Waals surface area contributed by atoms with Crippen molar-refractivity contribution in [2.24, 2.45) is 5.73 Å². The first-order chi connectivity index (χ1) is 16.4. The largest absolute Gasteiger partial charge is 0.384 e. The third-order valence-electron chi connectivity index (χ3n) is 6.08. The first kappa shape index (κ1) is 29.2. The molecule has 10 nitrogen and oxygen atoms in total. The molecule has 1 aromatic rings. The highest BCUT2D eigenvalue weighted by Crippen LogP contribution is 2.14. The maximum absolute atomic E-state index is 13.4. The molecular weight excluding hydrogens is 490 g/mol. The molecule has 1 amide bonds. The molecule has 4 N–H and O–H groups in total. The molecular formula is C23H39N5O5S2. The van der Waals surface area contributed by atoms with Gasteiger partial charge in [-0.1, -0.05) is 57.2 Å². The van der Waals surface area contributed by atoms with E-state index in [0.29, 0.717) is 17.5 Å². The summed E-state index contributed by atoms with van der Waals surface area (Å²) < 4.78 is 53.2. The van der Waals surface area contributed by atoms with Gasteiger partial charge in [0.25, 0.3) is 0 Å². The number of carbonyl (C=O) groups excluding carboxylic acids is 1. The van der Waals surface area contributed by atoms with Gasteiger partial charge in [-0.15, -0.1) is 0 Å². The number of hydrogen-bond donors (Lipinski definition) is 3. The normalized spacial score (nSPS) is 16.2. The van der Waals surface area contributed by atoms with Crippen LogP contribution in [0.4, 0.5) is 0 Å². The van der Waals surface area contributed by atoms with E-state index < -0.39 is 32.0 Å². The summed E-state index contributed by atoms with van der Waals surface area (Å²) >= 11 is 0. The zero-order chi connectivity index (χ0) is 26.1. The molecule has 198 valence electrons. The van der Waals surface area contributed by atoms with Crippen molar-refractivity contribution in [3.05, 3.63) is 35.4 Å². The Morgan fingerprint density at radius 3 is 2.29 bits per heavy atom. The van der Waals surface area contributed by atoms with Crippen molar-refractivity contribution in [3.8, 4) is 0 Å². The number of carbonyl (C=O) groups is 1. The van der Waals surface area contributed by atoms with Crippen LogP contribution in [0.25, 0.3) is 0 Å². The molecule has 0 saturated carbocycles. The lowest BCUT2D eigenvalue weighted by Gasteiger charge is -2.35. The molecule has 0 aliphatic carbocycles. The molecule has 0 bridgehead atoms. The third-order valence-corrected chi connectivity index (χ3v) is 8.86. The lowest BCUT2D eigenvalue weighted by molar-refractivity contribution is -0.134. The highest BCUT2D eigenvalue weighted by Gasteiger charge is 2.32. The van der Waals surface area contributed by atoms with Gasteiger partial charge in [-0.3, -0.25) is 10.2 Å². The molecule has 0 radical (unpaired) electrons. The van der Waals surface area contributed by atoms with Crippen molar-refractivity contribution in [2.75, 3.05) is 38.2 Å². The highest BCUT2D eigenvalue weighted by molar-refractivity contribution is 7.89. The van der Waals surface area contributed by atoms with Crippen molar-refractivity contribution in [1.82, 2.24) is 13.9 Å². The summed E-state index contributed by atoms with van der Waals surface area (Å²) in [6.07, 6.45) is 6.87. The van der Waals surface area contributed by atoms with E-state index in [1.165, 1.54) is 9.21 Å². The maximum atomic E-state index is 13.4. The van der Waals surface area contributed by atoms with Crippen LogP contribution in [0.2, 0.25) is 0 Å². The number of amidine groups is 1. The average molecular weight is 530 g/mol. The number of nitrogens with one attached hydrogen (secondary N) is 2. The summed E-state index contributed by atoms with van der Waals surface area (Å²) in [7, 11) is -7.06. The Bertz CT molecular complexity index is 1070. The summed E-state index contributed by atoms with van der Waals surface area (Å²) in [5.41, 5.74) is 6.75. The standard InChI is InChI=1S/C23H39N5O5S2/c1-3-4-5-6-7-8-16-35(32,33)26-21(18-19-10-9-11-20(17-19)22(24)25)23(29)27-12-14-28(15-13-27)34(2,30)31/h9-11,17,21,26H,3-8,12-16,18H2,1-2H3,(H3,24,25)/t21-/m0/s1. The molecule has 0 spiro atoms. The Hall–Kier alpha value is -2.02. The van der Waals surface area contributed by atoms with E-state index in [2.05, 4.69) is 11.6 Å². The minimum absolute atomic E-state index is 0.0573. The number of sulfonamides is 2. The fourth-order valence-corrected chi connectivity index (χ4v) is 6.24. The summed E-state index contributed by atoms with van der Waals surface area (Å²) in [5.74, 6) is -0.564. The van der Waals surface area contributed by atoms with Crippen molar-refractivity contribution < 1.29 is 21.6 Å². The van der Waals surface area contributed by atoms with Gasteiger partial charge in [0.2, 0.25) is 26.0 Å². The topological polar surface area (TPSA) is 154 Å². The van der Waals surface area contributed by atoms with Crippen LogP contribution in [0.15, 0.2) is 24.3 Å². The average Bonchev–Trinajstić information content (AvgIpc) is 2.80. The van der Waals surface area contributed by atoms with E-state index in [9.17, 15) is 21.6 Å². The molecule has 35 heavy (non-hydrogen) atoms. The number of benzene rings is 1. The molecule has 2 rings (SSSR count). The lowest BCUT2D eigenvalue weighted by atomic mass is 10.0. The van der Waals surface area contributed by atoms with Crippen LogP contribution in [-0.4, -0.2) is 82.0 Å². The van der Waals surface area contributed by atoms with E-state index in [1.807, 2.05) is 0 Å². The number of rotatable bonds is 14. The van der Waals surface area contributed by atoms with E-state index in [4.69, 9.17) is 11.1 Å². The van der Waals surface area contributed by atoms with Gasteiger partial charge in [0.05, 0.1) is 12.0 Å². The van der Waals surface area contributed by atoms with Crippen molar-refractivity contribution in [1.29, 1.82) is 5.41 Å². The fraction of sp³-hybridized carbons (Fsp3) is 0.652. The number of hydrogen-bond acceptors (Lipinski definition) is 6. The third kappa shape index (κ3) is 9.86. The van der Waals surface area contributed by atoms with E-state index >= 15 is 0 Å². The number of nitrogens with zero attached hydrogens (tertiary/aromatic N) is 2. The van der Waals surface area contributed by atoms with Crippen LogP contribution in [-0.2, 0) is 31.3 Å². The lowest BCUT2D eigenvalue weighted by Crippen LogP contribution is -2.56. The Kier molecular flexibility index (Phi) is 11.1. The predicted molar refractivity (Wildman–Crippen MR) is 138 cm³/mol. The van der Waals surface area contributed by atoms with E-state index in [1.54, 1.807) is 24.3 Å². The molecule has 1 atom stereocenters. The summed E-state index contributed by atoms with van der Waals surface area (Å²) in [6, 6.07) is 5.79. The molecule has 1 aliphatic rings. The van der Waals surface area contributed by atoms with Gasteiger partial charge >= 0.3 is 0 Å². The van der Waals surface area contributed by atoms with Gasteiger partial charge in [0.1, 0.15) is 11.9 Å². The predicted octanol–water partition coefficient (Wildman–Crippen LogP) is 1.27. The van der Waals surface area contributed by atoms with Gasteiger partial charge in [0.15, 0.2) is 0 Å². The second-order valence-electron chi connectivity index (χ2n) is 9.06. The molecule has 1 aromatic carbocycles. The van der Waals surface area contributed by atoms with Gasteiger partial charge in [-0.05, 0) is 24.5 Å². The second-order valence-corrected chi connectivity index (χ2v) is 12.9. The summed E-state index contributed by atoms with van der Waals surface area (Å²) in [4.78, 5) is 14.9. The Morgan fingerprint density at radius 2 is 1.69 bits per heavy atom. The van der Waals surface area contributed by atoms with E-state index in [0.717, 1.165) is 38.4 Å². The Labute approximate surface area is 209 Å². The quantitative estimate of drug-likeness (QED) is 0.187. The first-order valence-corrected chi connectivity index (χ1v) is 15.6. The number of unbranched alkanes of at least 4 members (excludes halogenated alkanes) is 5. The van der Waals surface area contributed by atoms with Crippen LogP contribution in [0.1, 0.15) is 56.6 Å². The van der Waals surface area contributed by atoms with Crippen LogP contribution >= 0.6 is 0 Å². The van der Waals surface area contributed by atoms with Crippen molar-refractivity contribution in [3.63, 3.8) is 0 Å². The minimum Gasteiger partial charge on any atom is -0.384 e. The highest BCUT2D eigenvalue weighted by atomic mass is 32.2. The molecule has 1 heterocycles. The number of nitrogen functional groups attached to an aromatic ring is 1. The minimum atomic E-state index is -3.71. The van der Waals surface area contributed by atoms with Crippen LogP contribution in [0, 0.1) is 5.41 Å². The van der Waals surface area contributed by atoms with Crippen molar-refractivity contribution >= 4 is 31.8 Å². The van der Waals surface area contributed by atoms with Crippen LogP contribution < -0.4 is 10.5 Å². The number of amides is 1. The Balaban J connectivity index is 2.12. The monoisotopic (exact) mass is 529 g/mol. The zero-order valence-electron chi connectivity index (χ0n) is 20.7. The number of piperazine rings is 1. The van der Waals surface area contributed by atoms with Crippen molar-refractivity contribution in [2.45, 2.75) is 57.9 Å². The zero-order valence-corrected chi connectivity index (χ0v) is 22.3. The van der Waals surface area contributed by atoms with E-state index in [-0.39, 0.29) is 44.2 Å². The molecule has 0 aromatic heterocycles. The molecule has 1 aliphatic heterocycles. The number of nitrogens with two attached hydrogens (primary N) is 1. The molecule has 12 heteroatoms. The van der Waals surface area contributed by atoms with Crippen LogP contribution in [0.5, 0.6) is 0 Å². The summed E-state index contributed by atoms with van der Waals surface area (Å²) in [6.45, 7) is 2.84. The SMILES string of the molecule is CCCCCCCCS(=O)(=O)N[C@@H](Cc1cccc(C(=N)N)c1)C(=O)N1CCN(S(C)(=O)=O)CC1. The fourth-order valence-electron chi connectivity index (χ4n) is 4.09.